The Morgan fingerprint density at radius 1 is 1.36 bits per heavy atom. The third-order valence-corrected chi connectivity index (χ3v) is 8.21. The van der Waals surface area contributed by atoms with Gasteiger partial charge in [0.2, 0.25) is 11.8 Å². The lowest BCUT2D eigenvalue weighted by atomic mass is 9.93. The summed E-state index contributed by atoms with van der Waals surface area (Å²) in [5, 5.41) is 17.7. The lowest BCUT2D eigenvalue weighted by Gasteiger charge is -2.28. The van der Waals surface area contributed by atoms with Crippen LogP contribution in [-0.2, 0) is 34.5 Å². The predicted molar refractivity (Wildman–Crippen MR) is 153 cm³/mol. The van der Waals surface area contributed by atoms with E-state index in [1.807, 2.05) is 0 Å². The van der Waals surface area contributed by atoms with E-state index in [1.54, 1.807) is 20.8 Å². The number of nitrogen functional groups attached to an aromatic ring is 1. The van der Waals surface area contributed by atoms with E-state index in [1.165, 1.54) is 24.7 Å². The minimum Gasteiger partial charge on any atom is -0.476 e. The fourth-order valence-corrected chi connectivity index (χ4v) is 5.83. The molecule has 1 fully saturated rings. The van der Waals surface area contributed by atoms with Gasteiger partial charge in [-0.25, -0.2) is 19.4 Å². The van der Waals surface area contributed by atoms with Crippen LogP contribution in [-0.4, -0.2) is 74.7 Å². The minimum atomic E-state index is -4.27. The average molecular weight is 656 g/mol. The van der Waals surface area contributed by atoms with Gasteiger partial charge in [0, 0.05) is 24.3 Å². The number of rotatable bonds is 15. The lowest BCUT2D eigenvalue weighted by molar-refractivity contribution is -0.140. The number of esters is 1. The number of fused-ring (bicyclic) bond motifs is 1. The van der Waals surface area contributed by atoms with E-state index in [2.05, 4.69) is 30.1 Å². The molecule has 0 aliphatic carbocycles. The first kappa shape index (κ1) is 33.9. The molecule has 5 atom stereocenters. The minimum absolute atomic E-state index is 0.00608. The van der Waals surface area contributed by atoms with E-state index < -0.39 is 56.7 Å². The molecule has 0 spiro atoms. The summed E-state index contributed by atoms with van der Waals surface area (Å²) >= 11 is 0. The van der Waals surface area contributed by atoms with E-state index in [-0.39, 0.29) is 60.2 Å². The molecule has 0 bridgehead atoms. The summed E-state index contributed by atoms with van der Waals surface area (Å²) in [6.07, 6.45) is -2.60. The SMILES string of the molecule is CCOc1nc(N)nc2c1ncn2[C@@H]1O[C@H](COP(=O)(NCCOC(C)=O)OCc2oc(=O)oc2C(C)C)[C@@H](O)[C@@]1(C)N=[N+]=[N-]. The second-order valence-electron chi connectivity index (χ2n) is 10.2. The van der Waals surface area contributed by atoms with Crippen LogP contribution in [0.2, 0.25) is 0 Å². The summed E-state index contributed by atoms with van der Waals surface area (Å²) in [4.78, 5) is 38.3. The Morgan fingerprint density at radius 3 is 2.78 bits per heavy atom. The van der Waals surface area contributed by atoms with Crippen LogP contribution in [0.5, 0.6) is 5.88 Å². The van der Waals surface area contributed by atoms with Crippen molar-refractivity contribution >= 4 is 30.8 Å². The standard InChI is InChI=1S/C24H34N9O11P/c1-6-38-20-16-19(29-22(25)30-20)33(11-27-16)21-24(5,31-32-26)18(35)15(42-21)10-41-45(37,28-7-8-39-13(4)34)40-9-14-17(12(2)3)44-23(36)43-14/h11-12,15,18,21,35H,6-10H2,1-5H3,(H,28,37)(H2,25,29,30)/t15-,18-,21-,24-,45?/m1/s1. The largest absolute Gasteiger partial charge is 0.519 e. The van der Waals surface area contributed by atoms with Crippen molar-refractivity contribution in [3.63, 3.8) is 0 Å². The molecule has 1 aliphatic heterocycles. The van der Waals surface area contributed by atoms with Crippen molar-refractivity contribution in [2.45, 2.75) is 71.1 Å². The van der Waals surface area contributed by atoms with Gasteiger partial charge in [-0.2, -0.15) is 9.97 Å². The van der Waals surface area contributed by atoms with Crippen molar-refractivity contribution in [3.8, 4) is 5.88 Å². The quantitative estimate of drug-likeness (QED) is 0.0529. The number of hydrogen-bond donors (Lipinski definition) is 3. The summed E-state index contributed by atoms with van der Waals surface area (Å²) in [5.74, 6) is -1.60. The van der Waals surface area contributed by atoms with E-state index in [9.17, 15) is 24.8 Å². The van der Waals surface area contributed by atoms with Crippen molar-refractivity contribution in [3.05, 3.63) is 38.9 Å². The number of carbonyl (C=O) groups excluding carboxylic acids is 1. The molecule has 21 heteroatoms. The zero-order chi connectivity index (χ0) is 32.9. The van der Waals surface area contributed by atoms with Gasteiger partial charge < -0.3 is 33.9 Å². The van der Waals surface area contributed by atoms with Gasteiger partial charge in [-0.05, 0) is 19.4 Å². The van der Waals surface area contributed by atoms with Crippen LogP contribution in [0.25, 0.3) is 21.6 Å². The molecule has 0 aromatic carbocycles. The molecule has 4 N–H and O–H groups in total. The molecule has 4 heterocycles. The van der Waals surface area contributed by atoms with Gasteiger partial charge >= 0.3 is 19.5 Å². The number of aliphatic hydroxyl groups is 1. The predicted octanol–water partition coefficient (Wildman–Crippen LogP) is 2.30. The second-order valence-corrected chi connectivity index (χ2v) is 12.1. The number of anilines is 1. The average Bonchev–Trinajstić information content (AvgIpc) is 3.63. The smallest absolute Gasteiger partial charge is 0.476 e. The highest BCUT2D eigenvalue weighted by Gasteiger charge is 2.55. The van der Waals surface area contributed by atoms with Crippen LogP contribution in [0, 0.1) is 0 Å². The highest BCUT2D eigenvalue weighted by molar-refractivity contribution is 7.51. The number of aliphatic hydroxyl groups excluding tert-OH is 1. The van der Waals surface area contributed by atoms with Crippen molar-refractivity contribution in [1.82, 2.24) is 24.6 Å². The van der Waals surface area contributed by atoms with Gasteiger partial charge in [-0.15, -0.1) is 0 Å². The molecule has 1 unspecified atom stereocenters. The molecule has 3 aromatic heterocycles. The first-order valence-electron chi connectivity index (χ1n) is 13.7. The molecule has 1 saturated heterocycles. The molecule has 45 heavy (non-hydrogen) atoms. The Morgan fingerprint density at radius 2 is 2.11 bits per heavy atom. The lowest BCUT2D eigenvalue weighted by Crippen LogP contribution is -2.42. The topological polar surface area (TPSA) is 274 Å². The summed E-state index contributed by atoms with van der Waals surface area (Å²) in [7, 11) is -4.27. The normalized spacial score (nSPS) is 22.8. The van der Waals surface area contributed by atoms with Crippen LogP contribution < -0.4 is 21.4 Å². The Hall–Kier alpha value is -4.03. The number of imidazole rings is 1. The summed E-state index contributed by atoms with van der Waals surface area (Å²) in [5.41, 5.74) is 14.0. The van der Waals surface area contributed by atoms with Gasteiger partial charge in [0.05, 0.1) is 25.6 Å². The molecule has 4 rings (SSSR count). The monoisotopic (exact) mass is 655 g/mol. The van der Waals surface area contributed by atoms with E-state index in [4.69, 9.17) is 37.8 Å². The number of ether oxygens (including phenoxy) is 3. The molecule has 246 valence electrons. The van der Waals surface area contributed by atoms with Crippen molar-refractivity contribution < 1.29 is 46.6 Å². The Labute approximate surface area is 255 Å². The van der Waals surface area contributed by atoms with Crippen LogP contribution in [0.1, 0.15) is 58.3 Å². The zero-order valence-corrected chi connectivity index (χ0v) is 26.0. The highest BCUT2D eigenvalue weighted by Crippen LogP contribution is 2.48. The van der Waals surface area contributed by atoms with Gasteiger partial charge in [0.25, 0.3) is 0 Å². The molecule has 20 nitrogen and oxygen atoms in total. The molecule has 0 saturated carbocycles. The summed E-state index contributed by atoms with van der Waals surface area (Å²) in [6, 6.07) is 0. The molecule has 0 amide bonds. The number of nitrogens with two attached hydrogens (primary N) is 1. The maximum Gasteiger partial charge on any atom is 0.519 e. The zero-order valence-electron chi connectivity index (χ0n) is 25.1. The highest BCUT2D eigenvalue weighted by atomic mass is 31.2. The first-order chi connectivity index (χ1) is 21.3. The van der Waals surface area contributed by atoms with Gasteiger partial charge in [-0.3, -0.25) is 18.4 Å². The third-order valence-electron chi connectivity index (χ3n) is 6.64. The first-order valence-corrected chi connectivity index (χ1v) is 15.3. The maximum absolute atomic E-state index is 13.8. The Kier molecular flexibility index (Phi) is 10.5. The number of nitrogens with one attached hydrogen (secondary N) is 1. The summed E-state index contributed by atoms with van der Waals surface area (Å²) < 4.78 is 52.9. The van der Waals surface area contributed by atoms with Crippen LogP contribution in [0.15, 0.2) is 25.1 Å². The fourth-order valence-electron chi connectivity index (χ4n) is 4.58. The van der Waals surface area contributed by atoms with Crippen LogP contribution in [0.4, 0.5) is 5.95 Å². The van der Waals surface area contributed by atoms with Crippen LogP contribution in [0.3, 0.4) is 0 Å². The van der Waals surface area contributed by atoms with E-state index >= 15 is 0 Å². The van der Waals surface area contributed by atoms with Gasteiger partial charge in [0.15, 0.2) is 28.9 Å². The van der Waals surface area contributed by atoms with Crippen molar-refractivity contribution in [2.75, 3.05) is 32.1 Å². The molecule has 0 radical (unpaired) electrons. The molecular weight excluding hydrogens is 621 g/mol. The third kappa shape index (κ3) is 7.45. The molecule has 3 aromatic rings. The van der Waals surface area contributed by atoms with E-state index in [0.717, 1.165) is 0 Å². The number of hydrogen-bond acceptors (Lipinski definition) is 16. The Balaban J connectivity index is 1.59. The Bertz CT molecular complexity index is 1670. The number of nitrogens with zero attached hydrogens (tertiary/aromatic N) is 7. The van der Waals surface area contributed by atoms with Gasteiger partial charge in [0.1, 0.15) is 24.9 Å². The fraction of sp³-hybridized carbons (Fsp3) is 0.625. The van der Waals surface area contributed by atoms with Crippen molar-refractivity contribution in [2.24, 2.45) is 5.11 Å². The number of aromatic nitrogens is 4. The maximum atomic E-state index is 13.8. The van der Waals surface area contributed by atoms with E-state index in [0.29, 0.717) is 0 Å². The molecule has 1 aliphatic rings. The second kappa shape index (κ2) is 13.9. The van der Waals surface area contributed by atoms with Crippen LogP contribution >= 0.6 is 7.75 Å². The molecular formula is C24H34N9O11P. The van der Waals surface area contributed by atoms with Gasteiger partial charge in [-0.1, -0.05) is 19.0 Å². The number of azide groups is 1. The number of carbonyl (C=O) groups is 1. The van der Waals surface area contributed by atoms with Crippen molar-refractivity contribution in [1.29, 1.82) is 0 Å². The summed E-state index contributed by atoms with van der Waals surface area (Å²) in [6.45, 7) is 6.82.